The van der Waals surface area contributed by atoms with E-state index in [0.717, 1.165) is 17.3 Å². The highest BCUT2D eigenvalue weighted by Crippen LogP contribution is 2.22. The van der Waals surface area contributed by atoms with Gasteiger partial charge in [-0.2, -0.15) is 5.10 Å². The molecule has 9 heteroatoms. The van der Waals surface area contributed by atoms with E-state index in [1.54, 1.807) is 6.08 Å². The second-order valence-corrected chi connectivity index (χ2v) is 6.10. The Labute approximate surface area is 148 Å². The normalized spacial score (nSPS) is 18.8. The zero-order chi connectivity index (χ0) is 18.1. The molecule has 130 valence electrons. The average Bonchev–Trinajstić information content (AvgIpc) is 2.93. The first kappa shape index (κ1) is 18.4. The zero-order valence-electron chi connectivity index (χ0n) is 13.1. The van der Waals surface area contributed by atoms with Gasteiger partial charge in [-0.15, -0.1) is 5.10 Å². The minimum absolute atomic E-state index is 0.125. The molecule has 0 spiro atoms. The molecule has 1 aromatic carbocycles. The molecule has 0 aromatic heterocycles. The first-order valence-electron chi connectivity index (χ1n) is 7.33. The number of amidine groups is 1. The van der Waals surface area contributed by atoms with Crippen LogP contribution in [0.4, 0.5) is 0 Å². The van der Waals surface area contributed by atoms with Gasteiger partial charge in [-0.25, -0.2) is 0 Å². The molecule has 1 fully saturated rings. The van der Waals surface area contributed by atoms with Crippen molar-refractivity contribution >= 4 is 47.0 Å². The van der Waals surface area contributed by atoms with Gasteiger partial charge in [0.1, 0.15) is 11.8 Å². The Morgan fingerprint density at radius 2 is 2.08 bits per heavy atom. The molecule has 0 saturated carbocycles. The summed E-state index contributed by atoms with van der Waals surface area (Å²) in [4.78, 5) is 33.7. The minimum Gasteiger partial charge on any atom is -0.480 e. The maximum absolute atomic E-state index is 11.8. The summed E-state index contributed by atoms with van der Waals surface area (Å²) in [6.45, 7) is -0.475. The van der Waals surface area contributed by atoms with Gasteiger partial charge in [0.2, 0.25) is 11.8 Å². The number of amides is 2. The summed E-state index contributed by atoms with van der Waals surface area (Å²) in [7, 11) is 0. The summed E-state index contributed by atoms with van der Waals surface area (Å²) in [6.07, 6.45) is 4.94. The van der Waals surface area contributed by atoms with Crippen LogP contribution in [0.2, 0.25) is 0 Å². The maximum Gasteiger partial charge on any atom is 0.322 e. The van der Waals surface area contributed by atoms with E-state index in [4.69, 9.17) is 5.11 Å². The van der Waals surface area contributed by atoms with Crippen molar-refractivity contribution in [2.24, 2.45) is 10.2 Å². The van der Waals surface area contributed by atoms with E-state index in [-0.39, 0.29) is 12.3 Å². The largest absolute Gasteiger partial charge is 0.480 e. The summed E-state index contributed by atoms with van der Waals surface area (Å²) >= 11 is 1.08. The van der Waals surface area contributed by atoms with Crippen molar-refractivity contribution in [3.05, 3.63) is 42.0 Å². The lowest BCUT2D eigenvalue weighted by Gasteiger charge is -2.04. The van der Waals surface area contributed by atoms with Gasteiger partial charge in [-0.3, -0.25) is 14.4 Å². The summed E-state index contributed by atoms with van der Waals surface area (Å²) in [5.41, 5.74) is 1.03. The van der Waals surface area contributed by atoms with Crippen molar-refractivity contribution in [2.45, 2.75) is 11.7 Å². The van der Waals surface area contributed by atoms with Crippen molar-refractivity contribution in [1.29, 1.82) is 0 Å². The van der Waals surface area contributed by atoms with E-state index < -0.39 is 23.7 Å². The van der Waals surface area contributed by atoms with Crippen molar-refractivity contribution in [2.75, 3.05) is 6.54 Å². The third-order valence-corrected chi connectivity index (χ3v) is 4.05. The molecule has 1 unspecified atom stereocenters. The molecule has 0 radical (unpaired) electrons. The molecule has 1 aliphatic rings. The quantitative estimate of drug-likeness (QED) is 0.492. The monoisotopic (exact) mass is 360 g/mol. The fourth-order valence-electron chi connectivity index (χ4n) is 1.84. The number of allylic oxidation sites excluding steroid dienone is 1. The molecule has 0 bridgehead atoms. The van der Waals surface area contributed by atoms with Crippen LogP contribution in [0.5, 0.6) is 0 Å². The van der Waals surface area contributed by atoms with Crippen LogP contribution in [0.3, 0.4) is 0 Å². The van der Waals surface area contributed by atoms with Crippen LogP contribution in [0.25, 0.3) is 6.08 Å². The lowest BCUT2D eigenvalue weighted by atomic mass is 10.2. The van der Waals surface area contributed by atoms with Gasteiger partial charge in [0.25, 0.3) is 0 Å². The fraction of sp³-hybridized carbons (Fsp3) is 0.188. The molecule has 1 aromatic rings. The van der Waals surface area contributed by atoms with E-state index in [0.29, 0.717) is 5.17 Å². The van der Waals surface area contributed by atoms with Gasteiger partial charge in [0.05, 0.1) is 0 Å². The summed E-state index contributed by atoms with van der Waals surface area (Å²) in [5.74, 6) is -2.01. The number of hydrogen-bond acceptors (Lipinski definition) is 6. The van der Waals surface area contributed by atoms with Crippen LogP contribution in [-0.4, -0.2) is 46.1 Å². The van der Waals surface area contributed by atoms with E-state index in [1.807, 2.05) is 36.4 Å². The molecule has 25 heavy (non-hydrogen) atoms. The fourth-order valence-corrected chi connectivity index (χ4v) is 2.77. The predicted octanol–water partition coefficient (Wildman–Crippen LogP) is 0.864. The van der Waals surface area contributed by atoms with Crippen LogP contribution < -0.4 is 10.6 Å². The van der Waals surface area contributed by atoms with Crippen LogP contribution >= 0.6 is 11.8 Å². The predicted molar refractivity (Wildman–Crippen MR) is 96.2 cm³/mol. The second kappa shape index (κ2) is 9.38. The first-order valence-corrected chi connectivity index (χ1v) is 8.21. The Hall–Kier alpha value is -2.94. The molecule has 1 heterocycles. The van der Waals surface area contributed by atoms with E-state index >= 15 is 0 Å². The number of carbonyl (C=O) groups is 3. The number of carboxylic acid groups (broad SMARTS) is 1. The van der Waals surface area contributed by atoms with Gasteiger partial charge in [-0.05, 0) is 11.6 Å². The van der Waals surface area contributed by atoms with Crippen LogP contribution in [0.1, 0.15) is 12.0 Å². The number of rotatable bonds is 7. The van der Waals surface area contributed by atoms with Gasteiger partial charge < -0.3 is 15.7 Å². The highest BCUT2D eigenvalue weighted by molar-refractivity contribution is 8.15. The maximum atomic E-state index is 11.8. The number of hydrogen-bond donors (Lipinski definition) is 3. The minimum atomic E-state index is -1.14. The third-order valence-electron chi connectivity index (χ3n) is 2.97. The zero-order valence-corrected chi connectivity index (χ0v) is 13.9. The topological polar surface area (TPSA) is 120 Å². The van der Waals surface area contributed by atoms with Crippen molar-refractivity contribution in [1.82, 2.24) is 10.6 Å². The Kier molecular flexibility index (Phi) is 6.90. The van der Waals surface area contributed by atoms with Crippen molar-refractivity contribution in [3.63, 3.8) is 0 Å². The third kappa shape index (κ3) is 6.60. The molecule has 2 amide bonds. The molecular formula is C16H16N4O4S. The molecule has 3 N–H and O–H groups in total. The molecule has 8 nitrogen and oxygen atoms in total. The van der Waals surface area contributed by atoms with Gasteiger partial charge in [-0.1, -0.05) is 48.2 Å². The Balaban J connectivity index is 1.81. The highest BCUT2D eigenvalue weighted by atomic mass is 32.2. The molecule has 0 aliphatic carbocycles. The Morgan fingerprint density at radius 1 is 1.32 bits per heavy atom. The van der Waals surface area contributed by atoms with Crippen LogP contribution in [0, 0.1) is 0 Å². The summed E-state index contributed by atoms with van der Waals surface area (Å²) in [6, 6.07) is 9.67. The number of thioether (sulfide) groups is 1. The number of nitrogens with one attached hydrogen (secondary N) is 2. The smallest absolute Gasteiger partial charge is 0.322 e. The Bertz CT molecular complexity index is 731. The number of carboxylic acids is 1. The second-order valence-electron chi connectivity index (χ2n) is 4.91. The molecule has 2 rings (SSSR count). The number of aliphatic carboxylic acids is 1. The van der Waals surface area contributed by atoms with Crippen molar-refractivity contribution < 1.29 is 19.5 Å². The first-order chi connectivity index (χ1) is 12.0. The highest BCUT2D eigenvalue weighted by Gasteiger charge is 2.32. The molecule has 1 saturated heterocycles. The van der Waals surface area contributed by atoms with Gasteiger partial charge in [0, 0.05) is 12.6 Å². The van der Waals surface area contributed by atoms with E-state index in [1.165, 1.54) is 6.21 Å². The van der Waals surface area contributed by atoms with Gasteiger partial charge >= 0.3 is 5.97 Å². The molecule has 1 aliphatic heterocycles. The van der Waals surface area contributed by atoms with E-state index in [2.05, 4.69) is 20.8 Å². The summed E-state index contributed by atoms with van der Waals surface area (Å²) in [5, 5.41) is 20.6. The van der Waals surface area contributed by atoms with E-state index in [9.17, 15) is 14.4 Å². The molecular weight excluding hydrogens is 344 g/mol. The van der Waals surface area contributed by atoms with Crippen molar-refractivity contribution in [3.8, 4) is 0 Å². The lowest BCUT2D eigenvalue weighted by molar-refractivity contribution is -0.137. The SMILES string of the molecule is O=C(O)CNC(=O)CC1S/C(=N/N=CC=Cc2ccccc2)NC1=O. The molecule has 1 atom stereocenters. The summed E-state index contributed by atoms with van der Waals surface area (Å²) < 4.78 is 0. The van der Waals surface area contributed by atoms with Gasteiger partial charge in [0.15, 0.2) is 5.17 Å². The van der Waals surface area contributed by atoms with Crippen LogP contribution in [-0.2, 0) is 14.4 Å². The number of benzene rings is 1. The van der Waals surface area contributed by atoms with Crippen LogP contribution in [0.15, 0.2) is 46.6 Å². The Morgan fingerprint density at radius 3 is 2.80 bits per heavy atom. The average molecular weight is 360 g/mol. The standard InChI is InChI=1S/C16H16N4O4S/c21-13(17-10-14(22)23)9-12-15(24)19-16(25-12)20-18-8-4-7-11-5-2-1-3-6-11/h1-8,12H,9-10H2,(H,17,21)(H,22,23)(H,19,20,24). The number of nitrogens with zero attached hydrogens (tertiary/aromatic N) is 2. The number of carbonyl (C=O) groups excluding carboxylic acids is 2. The lowest BCUT2D eigenvalue weighted by Crippen LogP contribution is -2.33.